The van der Waals surface area contributed by atoms with Crippen LogP contribution in [0.5, 0.6) is 5.75 Å². The molecular formula is C17H15NO2. The number of benzene rings is 2. The van der Waals surface area contributed by atoms with Crippen molar-refractivity contribution in [3.8, 4) is 5.75 Å². The number of phenolic OH excluding ortho intramolecular Hbond substituents is 1. The maximum atomic E-state index is 9.58. The quantitative estimate of drug-likeness (QED) is 0.860. The molecule has 1 aliphatic heterocycles. The topological polar surface area (TPSA) is 41.8 Å². The van der Waals surface area contributed by atoms with Crippen molar-refractivity contribution in [1.29, 1.82) is 0 Å². The number of hydrogen-bond donors (Lipinski definition) is 1. The van der Waals surface area contributed by atoms with E-state index in [0.29, 0.717) is 5.90 Å². The van der Waals surface area contributed by atoms with Gasteiger partial charge in [-0.25, -0.2) is 4.99 Å². The third-order valence-electron chi connectivity index (χ3n) is 4.04. The minimum atomic E-state index is 0.0947. The van der Waals surface area contributed by atoms with Crippen LogP contribution in [0.1, 0.15) is 29.2 Å². The van der Waals surface area contributed by atoms with Crippen molar-refractivity contribution in [3.05, 3.63) is 65.2 Å². The van der Waals surface area contributed by atoms with Crippen LogP contribution in [-0.4, -0.2) is 17.1 Å². The number of hydrogen-bond acceptors (Lipinski definition) is 3. The Kier molecular flexibility index (Phi) is 2.52. The number of ether oxygens (including phenoxy) is 1. The van der Waals surface area contributed by atoms with Gasteiger partial charge in [-0.1, -0.05) is 30.3 Å². The van der Waals surface area contributed by atoms with Crippen molar-refractivity contribution in [2.45, 2.75) is 25.0 Å². The Hall–Kier alpha value is -2.29. The van der Waals surface area contributed by atoms with E-state index in [-0.39, 0.29) is 17.9 Å². The summed E-state index contributed by atoms with van der Waals surface area (Å²) in [5, 5.41) is 9.58. The van der Waals surface area contributed by atoms with Crippen LogP contribution < -0.4 is 0 Å². The Bertz CT molecular complexity index is 693. The van der Waals surface area contributed by atoms with Crippen LogP contribution in [0, 0.1) is 0 Å². The predicted molar refractivity (Wildman–Crippen MR) is 77.0 cm³/mol. The molecular weight excluding hydrogens is 250 g/mol. The van der Waals surface area contributed by atoms with Gasteiger partial charge in [0.15, 0.2) is 0 Å². The molecule has 0 radical (unpaired) electrons. The average Bonchev–Trinajstić information content (AvgIpc) is 2.92. The van der Waals surface area contributed by atoms with Crippen LogP contribution >= 0.6 is 0 Å². The standard InChI is InChI=1S/C17H15NO2/c19-13-6-3-5-12(10-13)17-18-16-14-7-2-1-4-11(14)8-9-15(16)20-17/h1-7,10,15-16,19H,8-9H2/t15-,16+/m1/s1. The number of rotatable bonds is 1. The first-order valence-electron chi connectivity index (χ1n) is 6.93. The summed E-state index contributed by atoms with van der Waals surface area (Å²) in [6.45, 7) is 0. The molecule has 0 saturated heterocycles. The van der Waals surface area contributed by atoms with Crippen LogP contribution in [0.4, 0.5) is 0 Å². The molecule has 1 heterocycles. The molecule has 3 nitrogen and oxygen atoms in total. The van der Waals surface area contributed by atoms with Crippen molar-refractivity contribution < 1.29 is 9.84 Å². The molecule has 0 fully saturated rings. The first-order valence-corrected chi connectivity index (χ1v) is 6.93. The number of aliphatic imine (C=N–C) groups is 1. The highest BCUT2D eigenvalue weighted by atomic mass is 16.5. The van der Waals surface area contributed by atoms with Crippen LogP contribution in [0.25, 0.3) is 0 Å². The van der Waals surface area contributed by atoms with E-state index in [1.54, 1.807) is 12.1 Å². The zero-order valence-corrected chi connectivity index (χ0v) is 11.0. The van der Waals surface area contributed by atoms with Gasteiger partial charge < -0.3 is 9.84 Å². The van der Waals surface area contributed by atoms with E-state index in [2.05, 4.69) is 24.3 Å². The van der Waals surface area contributed by atoms with Crippen molar-refractivity contribution in [3.63, 3.8) is 0 Å². The molecule has 1 N–H and O–H groups in total. The molecule has 2 aromatic carbocycles. The lowest BCUT2D eigenvalue weighted by Gasteiger charge is -2.25. The summed E-state index contributed by atoms with van der Waals surface area (Å²) in [5.74, 6) is 0.886. The number of nitrogens with zero attached hydrogens (tertiary/aromatic N) is 1. The van der Waals surface area contributed by atoms with Gasteiger partial charge >= 0.3 is 0 Å². The van der Waals surface area contributed by atoms with Crippen molar-refractivity contribution in [2.24, 2.45) is 4.99 Å². The van der Waals surface area contributed by atoms with Crippen LogP contribution in [0.2, 0.25) is 0 Å². The van der Waals surface area contributed by atoms with Gasteiger partial charge in [0.25, 0.3) is 0 Å². The molecule has 2 aliphatic rings. The van der Waals surface area contributed by atoms with Crippen molar-refractivity contribution in [1.82, 2.24) is 0 Å². The average molecular weight is 265 g/mol. The van der Waals surface area contributed by atoms with Gasteiger partial charge in [-0.2, -0.15) is 0 Å². The summed E-state index contributed by atoms with van der Waals surface area (Å²) < 4.78 is 6.00. The van der Waals surface area contributed by atoms with Gasteiger partial charge in [-0.3, -0.25) is 0 Å². The fraction of sp³-hybridized carbons (Fsp3) is 0.235. The van der Waals surface area contributed by atoms with E-state index in [1.807, 2.05) is 12.1 Å². The minimum absolute atomic E-state index is 0.0947. The molecule has 100 valence electrons. The first-order chi connectivity index (χ1) is 9.81. The van der Waals surface area contributed by atoms with Crippen molar-refractivity contribution in [2.75, 3.05) is 0 Å². The molecule has 0 bridgehead atoms. The smallest absolute Gasteiger partial charge is 0.217 e. The summed E-state index contributed by atoms with van der Waals surface area (Å²) in [6, 6.07) is 15.6. The van der Waals surface area contributed by atoms with E-state index in [0.717, 1.165) is 18.4 Å². The Balaban J connectivity index is 1.74. The largest absolute Gasteiger partial charge is 0.508 e. The highest BCUT2D eigenvalue weighted by Crippen LogP contribution is 2.39. The normalized spacial score (nSPS) is 23.5. The van der Waals surface area contributed by atoms with Gasteiger partial charge in [0.05, 0.1) is 0 Å². The number of phenols is 1. The second-order valence-electron chi connectivity index (χ2n) is 5.32. The highest BCUT2D eigenvalue weighted by Gasteiger charge is 2.36. The number of aromatic hydroxyl groups is 1. The minimum Gasteiger partial charge on any atom is -0.508 e. The molecule has 0 aromatic heterocycles. The molecule has 0 unspecified atom stereocenters. The Morgan fingerprint density at radius 3 is 2.90 bits per heavy atom. The lowest BCUT2D eigenvalue weighted by atomic mass is 9.86. The fourth-order valence-corrected chi connectivity index (χ4v) is 3.06. The maximum absolute atomic E-state index is 9.58. The van der Waals surface area contributed by atoms with E-state index >= 15 is 0 Å². The summed E-state index contributed by atoms with van der Waals surface area (Å²) in [5.41, 5.74) is 3.49. The SMILES string of the molecule is Oc1cccc(C2=N[C@H]3c4ccccc4CC[C@H]3O2)c1. The molecule has 4 rings (SSSR count). The van der Waals surface area contributed by atoms with E-state index in [1.165, 1.54) is 11.1 Å². The van der Waals surface area contributed by atoms with Gasteiger partial charge in [-0.05, 0) is 42.2 Å². The zero-order valence-electron chi connectivity index (χ0n) is 11.0. The van der Waals surface area contributed by atoms with E-state index in [9.17, 15) is 5.11 Å². The second kappa shape index (κ2) is 4.37. The molecule has 2 atom stereocenters. The molecule has 3 heteroatoms. The summed E-state index contributed by atoms with van der Waals surface area (Å²) in [7, 11) is 0. The fourth-order valence-electron chi connectivity index (χ4n) is 3.06. The molecule has 0 saturated carbocycles. The van der Waals surface area contributed by atoms with Crippen LogP contribution in [0.15, 0.2) is 53.5 Å². The molecule has 2 aromatic rings. The van der Waals surface area contributed by atoms with Gasteiger partial charge in [0.2, 0.25) is 5.90 Å². The number of fused-ring (bicyclic) bond motifs is 3. The van der Waals surface area contributed by atoms with Gasteiger partial charge in [0.1, 0.15) is 17.9 Å². The van der Waals surface area contributed by atoms with E-state index in [4.69, 9.17) is 9.73 Å². The lowest BCUT2D eigenvalue weighted by molar-refractivity contribution is 0.174. The van der Waals surface area contributed by atoms with E-state index < -0.39 is 0 Å². The first kappa shape index (κ1) is 11.5. The summed E-state index contributed by atoms with van der Waals surface area (Å²) in [4.78, 5) is 4.75. The highest BCUT2D eigenvalue weighted by molar-refractivity contribution is 5.95. The van der Waals surface area contributed by atoms with Gasteiger partial charge in [-0.15, -0.1) is 0 Å². The number of aryl methyl sites for hydroxylation is 1. The third-order valence-corrected chi connectivity index (χ3v) is 4.04. The maximum Gasteiger partial charge on any atom is 0.217 e. The molecule has 0 spiro atoms. The Morgan fingerprint density at radius 2 is 2.00 bits per heavy atom. The molecule has 0 amide bonds. The lowest BCUT2D eigenvalue weighted by Crippen LogP contribution is -2.23. The third kappa shape index (κ3) is 1.78. The molecule has 20 heavy (non-hydrogen) atoms. The molecule has 1 aliphatic carbocycles. The zero-order chi connectivity index (χ0) is 13.5. The summed E-state index contributed by atoms with van der Waals surface area (Å²) in [6.07, 6.45) is 2.16. The Labute approximate surface area is 117 Å². The van der Waals surface area contributed by atoms with Crippen LogP contribution in [0.3, 0.4) is 0 Å². The van der Waals surface area contributed by atoms with Crippen molar-refractivity contribution >= 4 is 5.90 Å². The Morgan fingerprint density at radius 1 is 1.10 bits per heavy atom. The predicted octanol–water partition coefficient (Wildman–Crippen LogP) is 3.23. The van der Waals surface area contributed by atoms with Gasteiger partial charge in [0, 0.05) is 5.56 Å². The van der Waals surface area contributed by atoms with Crippen LogP contribution in [-0.2, 0) is 11.2 Å². The second-order valence-corrected chi connectivity index (χ2v) is 5.32. The monoisotopic (exact) mass is 265 g/mol. The summed E-state index contributed by atoms with van der Waals surface area (Å²) >= 11 is 0.